The Morgan fingerprint density at radius 2 is 2.19 bits per heavy atom. The van der Waals surface area contributed by atoms with Gasteiger partial charge in [0.15, 0.2) is 0 Å². The molecular formula is C19H22N6O2. The van der Waals surface area contributed by atoms with Crippen molar-refractivity contribution in [1.29, 1.82) is 0 Å². The molecule has 3 aromatic heterocycles. The number of rotatable bonds is 4. The zero-order valence-corrected chi connectivity index (χ0v) is 15.7. The molecule has 8 nitrogen and oxygen atoms in total. The topological polar surface area (TPSA) is 89.9 Å². The van der Waals surface area contributed by atoms with Crippen LogP contribution in [0.2, 0.25) is 0 Å². The minimum atomic E-state index is -0.187. The number of nitrogens with zero attached hydrogens (tertiary/aromatic N) is 6. The molecule has 1 fully saturated rings. The van der Waals surface area contributed by atoms with Crippen LogP contribution in [0.25, 0.3) is 11.4 Å². The summed E-state index contributed by atoms with van der Waals surface area (Å²) in [6.07, 6.45) is 5.12. The summed E-state index contributed by atoms with van der Waals surface area (Å²) in [6.45, 7) is 6.88. The van der Waals surface area contributed by atoms with Crippen molar-refractivity contribution < 1.29 is 9.32 Å². The zero-order valence-electron chi connectivity index (χ0n) is 15.7. The molecule has 1 amide bonds. The molecule has 0 aliphatic carbocycles. The number of carbonyl (C=O) groups is 1. The average molecular weight is 366 g/mol. The van der Waals surface area contributed by atoms with Crippen LogP contribution >= 0.6 is 0 Å². The summed E-state index contributed by atoms with van der Waals surface area (Å²) in [6, 6.07) is 3.52. The molecule has 8 heteroatoms. The van der Waals surface area contributed by atoms with E-state index in [1.807, 2.05) is 37.8 Å². The molecule has 0 bridgehead atoms. The Hall–Kier alpha value is -3.03. The maximum atomic E-state index is 12.9. The highest BCUT2D eigenvalue weighted by Gasteiger charge is 2.34. The number of amides is 1. The lowest BCUT2D eigenvalue weighted by Crippen LogP contribution is -2.34. The number of hydrogen-bond acceptors (Lipinski definition) is 6. The SMILES string of the molecule is Cc1nn(CC(=O)N2CCC[C@H]2c2nc(-c3cccnc3)no2)c(C)c1C. The van der Waals surface area contributed by atoms with Crippen LogP contribution in [0.15, 0.2) is 29.0 Å². The molecule has 0 aromatic carbocycles. The van der Waals surface area contributed by atoms with Crippen molar-refractivity contribution in [2.45, 2.75) is 46.2 Å². The van der Waals surface area contributed by atoms with Crippen LogP contribution in [0, 0.1) is 20.8 Å². The Morgan fingerprint density at radius 1 is 1.33 bits per heavy atom. The van der Waals surface area contributed by atoms with Crippen molar-refractivity contribution in [3.63, 3.8) is 0 Å². The first kappa shape index (κ1) is 17.4. The van der Waals surface area contributed by atoms with E-state index in [9.17, 15) is 4.79 Å². The van der Waals surface area contributed by atoms with Gasteiger partial charge in [-0.15, -0.1) is 0 Å². The van der Waals surface area contributed by atoms with Gasteiger partial charge in [-0.05, 0) is 51.3 Å². The standard InChI is InChI=1S/C19H22N6O2/c1-12-13(2)22-25(14(12)3)11-17(26)24-9-5-7-16(24)19-21-18(23-27-19)15-6-4-8-20-10-15/h4,6,8,10,16H,5,7,9,11H2,1-3H3/t16-/m0/s1. The molecule has 0 N–H and O–H groups in total. The lowest BCUT2D eigenvalue weighted by molar-refractivity contribution is -0.133. The highest BCUT2D eigenvalue weighted by molar-refractivity contribution is 5.76. The minimum Gasteiger partial charge on any atom is -0.337 e. The molecule has 140 valence electrons. The van der Waals surface area contributed by atoms with Gasteiger partial charge in [-0.25, -0.2) is 0 Å². The van der Waals surface area contributed by atoms with Gasteiger partial charge in [-0.3, -0.25) is 14.5 Å². The molecule has 0 spiro atoms. The summed E-state index contributed by atoms with van der Waals surface area (Å²) >= 11 is 0. The number of pyridine rings is 1. The molecule has 1 aliphatic rings. The van der Waals surface area contributed by atoms with Gasteiger partial charge in [0, 0.05) is 30.2 Å². The highest BCUT2D eigenvalue weighted by Crippen LogP contribution is 2.32. The van der Waals surface area contributed by atoms with Crippen LogP contribution in [-0.2, 0) is 11.3 Å². The average Bonchev–Trinajstić information content (AvgIpc) is 3.39. The van der Waals surface area contributed by atoms with E-state index in [1.54, 1.807) is 17.1 Å². The predicted octanol–water partition coefficient (Wildman–Crippen LogP) is 2.62. The van der Waals surface area contributed by atoms with Gasteiger partial charge in [0.2, 0.25) is 17.6 Å². The molecule has 0 radical (unpaired) electrons. The third-order valence-electron chi connectivity index (χ3n) is 5.25. The molecule has 1 aliphatic heterocycles. The predicted molar refractivity (Wildman–Crippen MR) is 97.7 cm³/mol. The summed E-state index contributed by atoms with van der Waals surface area (Å²) < 4.78 is 7.25. The van der Waals surface area contributed by atoms with Gasteiger partial charge < -0.3 is 9.42 Å². The molecule has 0 unspecified atom stereocenters. The van der Waals surface area contributed by atoms with Crippen LogP contribution in [-0.4, -0.2) is 42.3 Å². The second-order valence-corrected chi connectivity index (χ2v) is 6.90. The first-order chi connectivity index (χ1) is 13.0. The van der Waals surface area contributed by atoms with E-state index in [2.05, 4.69) is 20.2 Å². The van der Waals surface area contributed by atoms with E-state index >= 15 is 0 Å². The second kappa shape index (κ2) is 6.94. The Balaban J connectivity index is 1.53. The van der Waals surface area contributed by atoms with Crippen molar-refractivity contribution in [1.82, 2.24) is 29.8 Å². The smallest absolute Gasteiger partial charge is 0.249 e. The summed E-state index contributed by atoms with van der Waals surface area (Å²) in [5.74, 6) is 0.986. The maximum Gasteiger partial charge on any atom is 0.249 e. The van der Waals surface area contributed by atoms with Gasteiger partial charge in [0.25, 0.3) is 0 Å². The number of aromatic nitrogens is 5. The number of aryl methyl sites for hydroxylation is 1. The third-order valence-corrected chi connectivity index (χ3v) is 5.25. The summed E-state index contributed by atoms with van der Waals surface area (Å²) in [5.41, 5.74) is 3.89. The summed E-state index contributed by atoms with van der Waals surface area (Å²) in [7, 11) is 0. The van der Waals surface area contributed by atoms with Gasteiger partial charge >= 0.3 is 0 Å². The number of likely N-dealkylation sites (tertiary alicyclic amines) is 1. The van der Waals surface area contributed by atoms with Crippen molar-refractivity contribution in [3.05, 3.63) is 47.4 Å². The Bertz CT molecular complexity index is 962. The van der Waals surface area contributed by atoms with Gasteiger partial charge in [-0.2, -0.15) is 10.1 Å². The maximum absolute atomic E-state index is 12.9. The van der Waals surface area contributed by atoms with Gasteiger partial charge in [-0.1, -0.05) is 5.16 Å². The van der Waals surface area contributed by atoms with E-state index in [0.29, 0.717) is 18.3 Å². The molecule has 1 atom stereocenters. The van der Waals surface area contributed by atoms with Crippen LogP contribution in [0.1, 0.15) is 41.7 Å². The summed E-state index contributed by atoms with van der Waals surface area (Å²) in [5, 5.41) is 8.53. The fourth-order valence-electron chi connectivity index (χ4n) is 3.46. The quantitative estimate of drug-likeness (QED) is 0.705. The summed E-state index contributed by atoms with van der Waals surface area (Å²) in [4.78, 5) is 23.3. The molecule has 1 saturated heterocycles. The zero-order chi connectivity index (χ0) is 19.0. The largest absolute Gasteiger partial charge is 0.337 e. The minimum absolute atomic E-state index is 0.0178. The molecule has 27 heavy (non-hydrogen) atoms. The van der Waals surface area contributed by atoms with E-state index in [0.717, 1.165) is 35.4 Å². The van der Waals surface area contributed by atoms with Crippen molar-refractivity contribution in [3.8, 4) is 11.4 Å². The normalized spacial score (nSPS) is 16.9. The van der Waals surface area contributed by atoms with E-state index < -0.39 is 0 Å². The fraction of sp³-hybridized carbons (Fsp3) is 0.421. The lowest BCUT2D eigenvalue weighted by atomic mass is 10.2. The lowest BCUT2D eigenvalue weighted by Gasteiger charge is -2.22. The number of carbonyl (C=O) groups excluding carboxylic acids is 1. The van der Waals surface area contributed by atoms with Crippen molar-refractivity contribution in [2.75, 3.05) is 6.54 Å². The first-order valence-corrected chi connectivity index (χ1v) is 9.08. The molecule has 4 heterocycles. The highest BCUT2D eigenvalue weighted by atomic mass is 16.5. The second-order valence-electron chi connectivity index (χ2n) is 6.90. The Morgan fingerprint density at radius 3 is 2.89 bits per heavy atom. The van der Waals surface area contributed by atoms with E-state index in [-0.39, 0.29) is 18.5 Å². The van der Waals surface area contributed by atoms with E-state index in [1.165, 1.54) is 0 Å². The monoisotopic (exact) mass is 366 g/mol. The molecule has 0 saturated carbocycles. The van der Waals surface area contributed by atoms with E-state index in [4.69, 9.17) is 4.52 Å². The van der Waals surface area contributed by atoms with Crippen molar-refractivity contribution in [2.24, 2.45) is 0 Å². The van der Waals surface area contributed by atoms with Crippen LogP contribution < -0.4 is 0 Å². The van der Waals surface area contributed by atoms with Crippen molar-refractivity contribution >= 4 is 5.91 Å². The van der Waals surface area contributed by atoms with Crippen LogP contribution in [0.4, 0.5) is 0 Å². The van der Waals surface area contributed by atoms with Crippen LogP contribution in [0.5, 0.6) is 0 Å². The number of hydrogen-bond donors (Lipinski definition) is 0. The first-order valence-electron chi connectivity index (χ1n) is 9.08. The Labute approximate surface area is 157 Å². The molecular weight excluding hydrogens is 344 g/mol. The third kappa shape index (κ3) is 3.22. The van der Waals surface area contributed by atoms with Crippen LogP contribution in [0.3, 0.4) is 0 Å². The molecule has 4 rings (SSSR count). The fourth-order valence-corrected chi connectivity index (χ4v) is 3.46. The molecule has 3 aromatic rings. The Kier molecular flexibility index (Phi) is 4.47. The van der Waals surface area contributed by atoms with Gasteiger partial charge in [0.1, 0.15) is 12.6 Å². The van der Waals surface area contributed by atoms with Gasteiger partial charge in [0.05, 0.1) is 5.69 Å².